The minimum absolute atomic E-state index is 0.352. The Morgan fingerprint density at radius 3 is 2.52 bits per heavy atom. The van der Waals surface area contributed by atoms with Crippen molar-refractivity contribution in [1.29, 1.82) is 0 Å². The number of carbonyl (C=O) groups excluding carboxylic acids is 1. The Bertz CT molecular complexity index is 1130. The molecule has 4 nitrogen and oxygen atoms in total. The number of fused-ring (bicyclic) bond motifs is 2. The standard InChI is InChI=1S/C18H11Cl2N3OS/c19-15-10-5-1-3-7-12(10)22-13(15)9-21-23-18(24)17-16(20)11-6-2-4-8-14(11)25-17/h1-9,22H,(H,23,24). The van der Waals surface area contributed by atoms with Gasteiger partial charge in [0, 0.05) is 21.0 Å². The van der Waals surface area contributed by atoms with Gasteiger partial charge in [0.1, 0.15) is 4.88 Å². The maximum absolute atomic E-state index is 12.3. The van der Waals surface area contributed by atoms with Crippen molar-refractivity contribution in [3.8, 4) is 0 Å². The topological polar surface area (TPSA) is 57.2 Å². The second-order valence-corrected chi connectivity index (χ2v) is 7.15. The Morgan fingerprint density at radius 2 is 1.76 bits per heavy atom. The molecule has 0 radical (unpaired) electrons. The van der Waals surface area contributed by atoms with E-state index in [1.165, 1.54) is 17.6 Å². The number of benzene rings is 2. The second kappa shape index (κ2) is 6.52. The molecule has 2 aromatic carbocycles. The number of hydrazone groups is 1. The summed E-state index contributed by atoms with van der Waals surface area (Å²) in [5.74, 6) is -0.352. The van der Waals surface area contributed by atoms with E-state index in [1.807, 2.05) is 48.5 Å². The van der Waals surface area contributed by atoms with Crippen LogP contribution in [0.1, 0.15) is 15.4 Å². The zero-order valence-electron chi connectivity index (χ0n) is 12.7. The largest absolute Gasteiger partial charge is 0.352 e. The van der Waals surface area contributed by atoms with Gasteiger partial charge in [-0.25, -0.2) is 5.43 Å². The van der Waals surface area contributed by atoms with Crippen LogP contribution in [0.3, 0.4) is 0 Å². The third-order valence-corrected chi connectivity index (χ3v) is 5.85. The summed E-state index contributed by atoms with van der Waals surface area (Å²) >= 11 is 13.9. The third-order valence-electron chi connectivity index (χ3n) is 3.77. The fourth-order valence-electron chi connectivity index (χ4n) is 2.58. The number of amides is 1. The van der Waals surface area contributed by atoms with Crippen LogP contribution in [0.15, 0.2) is 53.6 Å². The number of rotatable bonds is 3. The number of carbonyl (C=O) groups is 1. The van der Waals surface area contributed by atoms with Gasteiger partial charge in [-0.15, -0.1) is 11.3 Å². The summed E-state index contributed by atoms with van der Waals surface area (Å²) in [5, 5.41) is 6.77. The summed E-state index contributed by atoms with van der Waals surface area (Å²) in [6, 6.07) is 15.3. The van der Waals surface area contributed by atoms with Gasteiger partial charge in [0.2, 0.25) is 0 Å². The lowest BCUT2D eigenvalue weighted by molar-refractivity contribution is 0.0959. The summed E-state index contributed by atoms with van der Waals surface area (Å²) < 4.78 is 0.959. The highest BCUT2D eigenvalue weighted by molar-refractivity contribution is 7.21. The van der Waals surface area contributed by atoms with Crippen molar-refractivity contribution >= 4 is 67.6 Å². The Morgan fingerprint density at radius 1 is 1.04 bits per heavy atom. The van der Waals surface area contributed by atoms with Gasteiger partial charge in [0.05, 0.1) is 22.0 Å². The molecule has 1 amide bonds. The Labute approximate surface area is 157 Å². The molecule has 0 aliphatic carbocycles. The van der Waals surface area contributed by atoms with E-state index in [9.17, 15) is 4.79 Å². The minimum Gasteiger partial charge on any atom is -0.352 e. The number of aromatic nitrogens is 1. The molecule has 2 aromatic heterocycles. The van der Waals surface area contributed by atoms with Gasteiger partial charge in [0.15, 0.2) is 0 Å². The van der Waals surface area contributed by atoms with Gasteiger partial charge >= 0.3 is 0 Å². The number of nitrogens with one attached hydrogen (secondary N) is 2. The summed E-state index contributed by atoms with van der Waals surface area (Å²) in [6.45, 7) is 0. The number of nitrogens with zero attached hydrogens (tertiary/aromatic N) is 1. The first-order chi connectivity index (χ1) is 12.1. The molecule has 0 saturated heterocycles. The van der Waals surface area contributed by atoms with Crippen LogP contribution in [0, 0.1) is 0 Å². The van der Waals surface area contributed by atoms with E-state index in [1.54, 1.807) is 0 Å². The number of hydrogen-bond donors (Lipinski definition) is 2. The van der Waals surface area contributed by atoms with Crippen molar-refractivity contribution in [1.82, 2.24) is 10.4 Å². The molecule has 2 N–H and O–H groups in total. The second-order valence-electron chi connectivity index (χ2n) is 5.34. The highest BCUT2D eigenvalue weighted by Crippen LogP contribution is 2.35. The van der Waals surface area contributed by atoms with E-state index < -0.39 is 0 Å². The zero-order valence-corrected chi connectivity index (χ0v) is 15.0. The molecule has 124 valence electrons. The van der Waals surface area contributed by atoms with Crippen molar-refractivity contribution in [3.63, 3.8) is 0 Å². The van der Waals surface area contributed by atoms with Crippen LogP contribution in [-0.2, 0) is 0 Å². The Hall–Kier alpha value is -2.34. The smallest absolute Gasteiger partial charge is 0.283 e. The van der Waals surface area contributed by atoms with Gasteiger partial charge in [-0.3, -0.25) is 4.79 Å². The number of aromatic amines is 1. The van der Waals surface area contributed by atoms with Gasteiger partial charge in [0.25, 0.3) is 5.91 Å². The molecule has 4 aromatic rings. The summed E-state index contributed by atoms with van der Waals surface area (Å²) in [6.07, 6.45) is 1.49. The number of H-pyrrole nitrogens is 1. The predicted molar refractivity (Wildman–Crippen MR) is 105 cm³/mol. The van der Waals surface area contributed by atoms with E-state index in [4.69, 9.17) is 23.2 Å². The van der Waals surface area contributed by atoms with Gasteiger partial charge in [-0.1, -0.05) is 59.6 Å². The van der Waals surface area contributed by atoms with E-state index in [0.29, 0.717) is 20.6 Å². The maximum atomic E-state index is 12.3. The van der Waals surface area contributed by atoms with E-state index in [0.717, 1.165) is 21.0 Å². The molecule has 0 aliphatic heterocycles. The van der Waals surface area contributed by atoms with Crippen LogP contribution in [0.2, 0.25) is 10.0 Å². The number of thiophene rings is 1. The van der Waals surface area contributed by atoms with Crippen LogP contribution in [0.5, 0.6) is 0 Å². The Kier molecular flexibility index (Phi) is 4.21. The van der Waals surface area contributed by atoms with Crippen molar-refractivity contribution < 1.29 is 4.79 Å². The molecule has 0 atom stereocenters. The number of hydrogen-bond acceptors (Lipinski definition) is 3. The monoisotopic (exact) mass is 387 g/mol. The average Bonchev–Trinajstić information content (AvgIpc) is 3.14. The zero-order chi connectivity index (χ0) is 17.4. The summed E-state index contributed by atoms with van der Waals surface area (Å²) in [5.41, 5.74) is 4.04. The van der Waals surface area contributed by atoms with E-state index in [2.05, 4.69) is 15.5 Å². The van der Waals surface area contributed by atoms with Gasteiger partial charge in [-0.05, 0) is 12.1 Å². The fraction of sp³-hybridized carbons (Fsp3) is 0. The maximum Gasteiger partial charge on any atom is 0.283 e. The lowest BCUT2D eigenvalue weighted by Crippen LogP contribution is -2.16. The van der Waals surface area contributed by atoms with Crippen molar-refractivity contribution in [3.05, 3.63) is 69.1 Å². The number of halogens is 2. The molecule has 0 spiro atoms. The molecule has 7 heteroatoms. The first kappa shape index (κ1) is 16.1. The average molecular weight is 388 g/mol. The first-order valence-electron chi connectivity index (χ1n) is 7.42. The molecule has 4 rings (SSSR count). The third kappa shape index (κ3) is 2.91. The molecule has 2 heterocycles. The van der Waals surface area contributed by atoms with Crippen molar-refractivity contribution in [2.24, 2.45) is 5.10 Å². The SMILES string of the molecule is O=C(NN=Cc1[nH]c2ccccc2c1Cl)c1sc2ccccc2c1Cl. The van der Waals surface area contributed by atoms with Crippen LogP contribution >= 0.6 is 34.5 Å². The van der Waals surface area contributed by atoms with Crippen LogP contribution in [0.4, 0.5) is 0 Å². The first-order valence-corrected chi connectivity index (χ1v) is 8.99. The predicted octanol–water partition coefficient (Wildman–Crippen LogP) is 5.45. The van der Waals surface area contributed by atoms with Gasteiger partial charge in [-0.2, -0.15) is 5.10 Å². The lowest BCUT2D eigenvalue weighted by atomic mass is 10.2. The molecular weight excluding hydrogens is 377 g/mol. The fourth-order valence-corrected chi connectivity index (χ4v) is 4.25. The summed E-state index contributed by atoms with van der Waals surface area (Å²) in [4.78, 5) is 15.9. The van der Waals surface area contributed by atoms with Crippen molar-refractivity contribution in [2.45, 2.75) is 0 Å². The molecule has 0 fully saturated rings. The Balaban J connectivity index is 1.57. The molecular formula is C18H11Cl2N3OS. The highest BCUT2D eigenvalue weighted by Gasteiger charge is 2.16. The normalized spacial score (nSPS) is 11.6. The molecule has 25 heavy (non-hydrogen) atoms. The van der Waals surface area contributed by atoms with Crippen LogP contribution < -0.4 is 5.43 Å². The van der Waals surface area contributed by atoms with Crippen LogP contribution in [-0.4, -0.2) is 17.1 Å². The van der Waals surface area contributed by atoms with E-state index in [-0.39, 0.29) is 5.91 Å². The van der Waals surface area contributed by atoms with Crippen LogP contribution in [0.25, 0.3) is 21.0 Å². The lowest BCUT2D eigenvalue weighted by Gasteiger charge is -1.97. The van der Waals surface area contributed by atoms with Gasteiger partial charge < -0.3 is 4.98 Å². The van der Waals surface area contributed by atoms with Crippen molar-refractivity contribution in [2.75, 3.05) is 0 Å². The quantitative estimate of drug-likeness (QED) is 0.356. The molecule has 0 aliphatic rings. The summed E-state index contributed by atoms with van der Waals surface area (Å²) in [7, 11) is 0. The molecule has 0 unspecified atom stereocenters. The van der Waals surface area contributed by atoms with E-state index >= 15 is 0 Å². The number of para-hydroxylation sites is 1. The molecule has 0 saturated carbocycles. The molecule has 0 bridgehead atoms. The minimum atomic E-state index is -0.352. The highest BCUT2D eigenvalue weighted by atomic mass is 35.5.